The first kappa shape index (κ1) is 19.5. The third-order valence-electron chi connectivity index (χ3n) is 5.51. The lowest BCUT2D eigenvalue weighted by atomic mass is 10.0. The van der Waals surface area contributed by atoms with Gasteiger partial charge in [0.2, 0.25) is 0 Å². The molecule has 4 rings (SSSR count). The molecule has 1 N–H and O–H groups in total. The maximum Gasteiger partial charge on any atom is 0.270 e. The van der Waals surface area contributed by atoms with Gasteiger partial charge >= 0.3 is 0 Å². The number of piperidine rings is 1. The van der Waals surface area contributed by atoms with Gasteiger partial charge in [-0.05, 0) is 24.6 Å². The average Bonchev–Trinajstić information content (AvgIpc) is 3.22. The fourth-order valence-corrected chi connectivity index (χ4v) is 3.80. The van der Waals surface area contributed by atoms with Gasteiger partial charge in [0.1, 0.15) is 5.69 Å². The lowest BCUT2D eigenvalue weighted by molar-refractivity contribution is -0.181. The number of carbonyl (C=O) groups is 2. The smallest absolute Gasteiger partial charge is 0.270 e. The summed E-state index contributed by atoms with van der Waals surface area (Å²) >= 11 is 0. The molecule has 1 spiro atoms. The van der Waals surface area contributed by atoms with Crippen LogP contribution in [0.2, 0.25) is 0 Å². The van der Waals surface area contributed by atoms with Crippen LogP contribution in [-0.2, 0) is 9.47 Å². The minimum Gasteiger partial charge on any atom is -0.347 e. The summed E-state index contributed by atoms with van der Waals surface area (Å²) in [5.74, 6) is -0.931. The van der Waals surface area contributed by atoms with Crippen molar-refractivity contribution >= 4 is 11.8 Å². The predicted molar refractivity (Wildman–Crippen MR) is 106 cm³/mol. The Morgan fingerprint density at radius 2 is 1.79 bits per heavy atom. The van der Waals surface area contributed by atoms with Gasteiger partial charge in [0, 0.05) is 37.7 Å². The van der Waals surface area contributed by atoms with Crippen LogP contribution < -0.4 is 5.32 Å². The molecule has 0 aliphatic carbocycles. The first-order valence-corrected chi connectivity index (χ1v) is 9.95. The van der Waals surface area contributed by atoms with Crippen LogP contribution in [0.1, 0.15) is 52.2 Å². The Morgan fingerprint density at radius 3 is 2.48 bits per heavy atom. The number of carbonyl (C=O) groups excluding carboxylic acids is 2. The topological polar surface area (TPSA) is 80.8 Å². The molecule has 1 aromatic heterocycles. The van der Waals surface area contributed by atoms with E-state index in [0.29, 0.717) is 44.7 Å². The number of amides is 2. The summed E-state index contributed by atoms with van der Waals surface area (Å²) in [7, 11) is 0. The minimum absolute atomic E-state index is 0.106. The summed E-state index contributed by atoms with van der Waals surface area (Å²) in [6.45, 7) is 4.26. The Labute approximate surface area is 170 Å². The van der Waals surface area contributed by atoms with Gasteiger partial charge in [0.15, 0.2) is 5.79 Å². The number of likely N-dealkylation sites (tertiary alicyclic amines) is 1. The van der Waals surface area contributed by atoms with E-state index in [1.165, 1.54) is 6.20 Å². The fraction of sp³-hybridized carbons (Fsp3) is 0.409. The summed E-state index contributed by atoms with van der Waals surface area (Å²) in [6.07, 6.45) is 2.82. The molecule has 1 unspecified atom stereocenters. The maximum absolute atomic E-state index is 12.9. The van der Waals surface area contributed by atoms with Gasteiger partial charge in [-0.2, -0.15) is 0 Å². The number of ether oxygens (including phenoxy) is 2. The number of nitrogens with one attached hydrogen (secondary N) is 1. The van der Waals surface area contributed by atoms with Crippen LogP contribution in [0.4, 0.5) is 0 Å². The van der Waals surface area contributed by atoms with Crippen LogP contribution in [-0.4, -0.2) is 53.8 Å². The normalized spacial score (nSPS) is 19.1. The van der Waals surface area contributed by atoms with Crippen LogP contribution in [0, 0.1) is 0 Å². The van der Waals surface area contributed by atoms with Crippen LogP contribution in [0.5, 0.6) is 0 Å². The van der Waals surface area contributed by atoms with Crippen molar-refractivity contribution in [1.29, 1.82) is 0 Å². The highest BCUT2D eigenvalue weighted by atomic mass is 16.7. The number of pyridine rings is 1. The molecule has 2 aliphatic rings. The molecule has 1 atom stereocenters. The molecule has 2 fully saturated rings. The third-order valence-corrected chi connectivity index (χ3v) is 5.51. The zero-order chi connectivity index (χ0) is 20.3. The Kier molecular flexibility index (Phi) is 5.60. The molecule has 0 bridgehead atoms. The van der Waals surface area contributed by atoms with Crippen molar-refractivity contribution < 1.29 is 19.1 Å². The first-order valence-electron chi connectivity index (χ1n) is 9.95. The van der Waals surface area contributed by atoms with Gasteiger partial charge in [-0.1, -0.05) is 30.3 Å². The lowest BCUT2D eigenvalue weighted by Gasteiger charge is -2.37. The highest BCUT2D eigenvalue weighted by molar-refractivity contribution is 5.98. The molecule has 0 radical (unpaired) electrons. The van der Waals surface area contributed by atoms with Gasteiger partial charge in [-0.3, -0.25) is 14.6 Å². The highest BCUT2D eigenvalue weighted by Gasteiger charge is 2.40. The van der Waals surface area contributed by atoms with Crippen molar-refractivity contribution in [1.82, 2.24) is 15.2 Å². The Balaban J connectivity index is 1.40. The number of aromatic nitrogens is 1. The molecule has 2 aliphatic heterocycles. The van der Waals surface area contributed by atoms with E-state index in [1.807, 2.05) is 37.3 Å². The number of rotatable bonds is 4. The summed E-state index contributed by atoms with van der Waals surface area (Å²) in [5.41, 5.74) is 1.70. The number of hydrogen-bond acceptors (Lipinski definition) is 5. The largest absolute Gasteiger partial charge is 0.347 e. The van der Waals surface area contributed by atoms with Gasteiger partial charge in [0.25, 0.3) is 11.8 Å². The maximum atomic E-state index is 12.9. The van der Waals surface area contributed by atoms with Gasteiger partial charge in [-0.15, -0.1) is 0 Å². The van der Waals surface area contributed by atoms with Crippen LogP contribution in [0.3, 0.4) is 0 Å². The van der Waals surface area contributed by atoms with Gasteiger partial charge in [0.05, 0.1) is 19.3 Å². The molecule has 7 nitrogen and oxygen atoms in total. The van der Waals surface area contributed by atoms with Crippen molar-refractivity contribution in [3.63, 3.8) is 0 Å². The molecule has 152 valence electrons. The van der Waals surface area contributed by atoms with Crippen molar-refractivity contribution in [2.75, 3.05) is 26.3 Å². The van der Waals surface area contributed by atoms with E-state index in [4.69, 9.17) is 9.47 Å². The van der Waals surface area contributed by atoms with Gasteiger partial charge in [-0.25, -0.2) is 0 Å². The molecule has 2 aromatic rings. The predicted octanol–water partition coefficient (Wildman–Crippen LogP) is 2.55. The first-order chi connectivity index (χ1) is 14.1. The minimum atomic E-state index is -0.520. The molecule has 29 heavy (non-hydrogen) atoms. The zero-order valence-corrected chi connectivity index (χ0v) is 16.5. The molecule has 7 heteroatoms. The van der Waals surface area contributed by atoms with Crippen LogP contribution >= 0.6 is 0 Å². The van der Waals surface area contributed by atoms with E-state index in [2.05, 4.69) is 10.3 Å². The molecule has 3 heterocycles. The second-order valence-electron chi connectivity index (χ2n) is 7.44. The number of benzene rings is 1. The molecule has 0 saturated carbocycles. The summed E-state index contributed by atoms with van der Waals surface area (Å²) in [4.78, 5) is 31.5. The van der Waals surface area contributed by atoms with E-state index in [9.17, 15) is 9.59 Å². The standard InChI is InChI=1S/C22H25N3O4/c1-16(17-5-3-2-4-6-17)24-20(26)19-15-18(7-10-23-19)21(27)25-11-8-22(9-12-25)28-13-14-29-22/h2-7,10,15-16H,8-9,11-14H2,1H3,(H,24,26). The summed E-state index contributed by atoms with van der Waals surface area (Å²) in [5, 5.41) is 2.93. The van der Waals surface area contributed by atoms with E-state index in [-0.39, 0.29) is 23.6 Å². The Hall–Kier alpha value is -2.77. The average molecular weight is 395 g/mol. The number of nitrogens with zero attached hydrogens (tertiary/aromatic N) is 2. The fourth-order valence-electron chi connectivity index (χ4n) is 3.80. The molecular formula is C22H25N3O4. The molecule has 1 aromatic carbocycles. The second kappa shape index (κ2) is 8.31. The van der Waals surface area contributed by atoms with Gasteiger partial charge < -0.3 is 19.7 Å². The zero-order valence-electron chi connectivity index (χ0n) is 16.5. The highest BCUT2D eigenvalue weighted by Crippen LogP contribution is 2.31. The SMILES string of the molecule is CC(NC(=O)c1cc(C(=O)N2CCC3(CC2)OCCO3)ccn1)c1ccccc1. The van der Waals surface area contributed by atoms with Crippen molar-refractivity contribution in [2.24, 2.45) is 0 Å². The van der Waals surface area contributed by atoms with E-state index < -0.39 is 5.79 Å². The van der Waals surface area contributed by atoms with Crippen molar-refractivity contribution in [3.8, 4) is 0 Å². The van der Waals surface area contributed by atoms with Crippen molar-refractivity contribution in [2.45, 2.75) is 31.6 Å². The quantitative estimate of drug-likeness (QED) is 0.861. The lowest BCUT2D eigenvalue weighted by Crippen LogP contribution is -2.47. The third kappa shape index (κ3) is 4.31. The summed E-state index contributed by atoms with van der Waals surface area (Å²) in [6, 6.07) is 12.8. The Morgan fingerprint density at radius 1 is 1.10 bits per heavy atom. The monoisotopic (exact) mass is 395 g/mol. The Bertz CT molecular complexity index is 871. The van der Waals surface area contributed by atoms with Crippen LogP contribution in [0.25, 0.3) is 0 Å². The van der Waals surface area contributed by atoms with E-state index in [0.717, 1.165) is 5.56 Å². The van der Waals surface area contributed by atoms with E-state index in [1.54, 1.807) is 17.0 Å². The van der Waals surface area contributed by atoms with E-state index >= 15 is 0 Å². The molecular weight excluding hydrogens is 370 g/mol. The van der Waals surface area contributed by atoms with Crippen LogP contribution in [0.15, 0.2) is 48.7 Å². The number of hydrogen-bond donors (Lipinski definition) is 1. The molecule has 2 amide bonds. The summed E-state index contributed by atoms with van der Waals surface area (Å²) < 4.78 is 11.4. The second-order valence-corrected chi connectivity index (χ2v) is 7.44. The molecule has 2 saturated heterocycles. The van der Waals surface area contributed by atoms with Crippen molar-refractivity contribution in [3.05, 3.63) is 65.5 Å².